The Balaban J connectivity index is 1.47. The molecule has 2 saturated heterocycles. The third kappa shape index (κ3) is 4.22. The number of nitrogens with zero attached hydrogens (tertiary/aromatic N) is 5. The van der Waals surface area contributed by atoms with Crippen molar-refractivity contribution < 1.29 is 18.3 Å². The molecule has 1 aromatic heterocycles. The number of anilines is 1. The van der Waals surface area contributed by atoms with Gasteiger partial charge in [-0.05, 0) is 23.5 Å². The molecule has 0 spiro atoms. The van der Waals surface area contributed by atoms with E-state index in [-0.39, 0.29) is 25.6 Å². The highest BCUT2D eigenvalue weighted by Gasteiger charge is 2.48. The second-order valence-electron chi connectivity index (χ2n) is 8.53. The summed E-state index contributed by atoms with van der Waals surface area (Å²) in [5.74, 6) is -0.744. The van der Waals surface area contributed by atoms with Crippen LogP contribution in [0.15, 0.2) is 24.3 Å². The van der Waals surface area contributed by atoms with Gasteiger partial charge in [-0.25, -0.2) is 4.31 Å². The van der Waals surface area contributed by atoms with Crippen molar-refractivity contribution in [3.8, 4) is 0 Å². The fourth-order valence-corrected chi connectivity index (χ4v) is 5.95. The van der Waals surface area contributed by atoms with Gasteiger partial charge in [0.1, 0.15) is 11.7 Å². The van der Waals surface area contributed by atoms with Crippen LogP contribution in [0, 0.1) is 5.92 Å². The highest BCUT2D eigenvalue weighted by atomic mass is 32.2. The first-order valence-corrected chi connectivity index (χ1v) is 12.0. The predicted octanol–water partition coefficient (Wildman–Crippen LogP) is -0.227. The minimum atomic E-state index is -3.97. The molecule has 3 heterocycles. The number of nitrogens with one attached hydrogen (secondary N) is 1. The number of aliphatic hydroxyl groups is 1. The minimum Gasteiger partial charge on any atom is -0.392 e. The second-order valence-corrected chi connectivity index (χ2v) is 10.4. The molecule has 4 rings (SSSR count). The Bertz CT molecular complexity index is 1070. The zero-order valence-electron chi connectivity index (χ0n) is 18.2. The molecule has 1 amide bonds. The van der Waals surface area contributed by atoms with Gasteiger partial charge in [-0.3, -0.25) is 9.89 Å². The lowest BCUT2D eigenvalue weighted by molar-refractivity contribution is -0.125. The summed E-state index contributed by atoms with van der Waals surface area (Å²) in [7, 11) is -2.13. The summed E-state index contributed by atoms with van der Waals surface area (Å²) in [6.07, 6.45) is -0.331. The van der Waals surface area contributed by atoms with Crippen LogP contribution < -0.4 is 10.6 Å². The summed E-state index contributed by atoms with van der Waals surface area (Å²) in [4.78, 5) is 19.4. The van der Waals surface area contributed by atoms with Crippen LogP contribution in [0.5, 0.6) is 0 Å². The minimum absolute atomic E-state index is 0.00860. The number of carbonyl (C=O) groups excluding carboxylic acids is 1. The fourth-order valence-electron chi connectivity index (χ4n) is 4.21. The Morgan fingerprint density at radius 3 is 2.56 bits per heavy atom. The number of β-amino-alcohol motifs (C(OH)–C–C–N with tert-alkyl or cyclic N) is 1. The average molecular weight is 464 g/mol. The van der Waals surface area contributed by atoms with Crippen molar-refractivity contribution in [2.75, 3.05) is 31.6 Å². The van der Waals surface area contributed by atoms with Crippen molar-refractivity contribution in [3.05, 3.63) is 41.2 Å². The summed E-state index contributed by atoms with van der Waals surface area (Å²) in [5, 5.41) is 16.8. The average Bonchev–Trinajstić information content (AvgIpc) is 3.48. The van der Waals surface area contributed by atoms with Crippen molar-refractivity contribution in [2.24, 2.45) is 11.7 Å². The summed E-state index contributed by atoms with van der Waals surface area (Å²) in [6, 6.07) is 7.93. The Kier molecular flexibility index (Phi) is 6.21. The maximum Gasteiger partial charge on any atom is 0.306 e. The number of nitrogens with two attached hydrogens (primary N) is 1. The first kappa shape index (κ1) is 22.6. The molecule has 1 aromatic carbocycles. The van der Waals surface area contributed by atoms with E-state index in [1.165, 1.54) is 4.31 Å². The molecule has 0 radical (unpaired) electrons. The number of amides is 1. The van der Waals surface area contributed by atoms with Gasteiger partial charge in [0.05, 0.1) is 6.10 Å². The zero-order chi connectivity index (χ0) is 23.0. The molecule has 3 unspecified atom stereocenters. The standard InChI is InChI=1S/C20H29N7O4S/c1-13-10-27(32(30,31)26-8-7-16(28)12-26)19(29)17(13)18-22-20(24-23-18)25(2)11-15-5-3-14(9-21)4-6-15/h3-6,13,16-17,28H,7-12,21H2,1-2H3,(H,22,23,24). The number of carbonyl (C=O) groups is 1. The zero-order valence-corrected chi connectivity index (χ0v) is 19.0. The van der Waals surface area contributed by atoms with Gasteiger partial charge in [0.15, 0.2) is 0 Å². The molecule has 2 aliphatic rings. The quantitative estimate of drug-likeness (QED) is 0.510. The first-order chi connectivity index (χ1) is 15.2. The summed E-state index contributed by atoms with van der Waals surface area (Å²) in [6.45, 7) is 3.15. The molecule has 3 atom stereocenters. The second kappa shape index (κ2) is 8.77. The van der Waals surface area contributed by atoms with E-state index in [1.54, 1.807) is 0 Å². The number of rotatable bonds is 7. The highest BCUT2D eigenvalue weighted by molar-refractivity contribution is 7.87. The van der Waals surface area contributed by atoms with E-state index in [4.69, 9.17) is 5.73 Å². The van der Waals surface area contributed by atoms with E-state index in [1.807, 2.05) is 43.1 Å². The van der Waals surface area contributed by atoms with E-state index in [0.29, 0.717) is 31.3 Å². The molecule has 2 aliphatic heterocycles. The summed E-state index contributed by atoms with van der Waals surface area (Å²) >= 11 is 0. The number of aromatic nitrogens is 3. The van der Waals surface area contributed by atoms with E-state index in [9.17, 15) is 18.3 Å². The van der Waals surface area contributed by atoms with Crippen LogP contribution in [0.1, 0.15) is 36.2 Å². The highest BCUT2D eigenvalue weighted by Crippen LogP contribution is 2.35. The molecule has 11 nitrogen and oxygen atoms in total. The van der Waals surface area contributed by atoms with Gasteiger partial charge in [-0.1, -0.05) is 31.2 Å². The number of aromatic amines is 1. The Morgan fingerprint density at radius 2 is 1.94 bits per heavy atom. The Morgan fingerprint density at radius 1 is 1.25 bits per heavy atom. The molecule has 0 bridgehead atoms. The van der Waals surface area contributed by atoms with Crippen molar-refractivity contribution >= 4 is 22.1 Å². The van der Waals surface area contributed by atoms with Gasteiger partial charge < -0.3 is 15.7 Å². The number of benzene rings is 1. The topological polar surface area (TPSA) is 149 Å². The van der Waals surface area contributed by atoms with Gasteiger partial charge in [0.2, 0.25) is 11.9 Å². The van der Waals surface area contributed by atoms with Crippen molar-refractivity contribution in [1.29, 1.82) is 0 Å². The smallest absolute Gasteiger partial charge is 0.306 e. The number of H-pyrrole nitrogens is 1. The molecule has 0 aliphatic carbocycles. The van der Waals surface area contributed by atoms with E-state index in [2.05, 4.69) is 15.2 Å². The van der Waals surface area contributed by atoms with Crippen molar-refractivity contribution in [1.82, 2.24) is 23.8 Å². The largest absolute Gasteiger partial charge is 0.392 e. The lowest BCUT2D eigenvalue weighted by atomic mass is 9.97. The SMILES string of the molecule is CC1CN(S(=O)(=O)N2CCC(O)C2)C(=O)C1c1nc(N(C)Cc2ccc(CN)cc2)n[nH]1. The van der Waals surface area contributed by atoms with Crippen LogP contribution >= 0.6 is 0 Å². The predicted molar refractivity (Wildman–Crippen MR) is 118 cm³/mol. The third-order valence-corrected chi connectivity index (χ3v) is 7.94. The number of aliphatic hydroxyl groups excluding tert-OH is 1. The lowest BCUT2D eigenvalue weighted by Crippen LogP contribution is -2.44. The van der Waals surface area contributed by atoms with Crippen LogP contribution in [0.3, 0.4) is 0 Å². The molecule has 2 aromatic rings. The number of hydrogen-bond donors (Lipinski definition) is 3. The lowest BCUT2D eigenvalue weighted by Gasteiger charge is -2.23. The molecule has 0 saturated carbocycles. The molecular formula is C20H29N7O4S. The molecule has 4 N–H and O–H groups in total. The normalized spacial score (nSPS) is 24.4. The van der Waals surface area contributed by atoms with Gasteiger partial charge in [-0.15, -0.1) is 5.10 Å². The molecular weight excluding hydrogens is 434 g/mol. The van der Waals surface area contributed by atoms with Crippen molar-refractivity contribution in [2.45, 2.75) is 38.5 Å². The fraction of sp³-hybridized carbons (Fsp3) is 0.550. The van der Waals surface area contributed by atoms with E-state index >= 15 is 0 Å². The van der Waals surface area contributed by atoms with Gasteiger partial charge in [-0.2, -0.15) is 17.7 Å². The third-order valence-electron chi connectivity index (χ3n) is 6.07. The molecule has 174 valence electrons. The summed E-state index contributed by atoms with van der Waals surface area (Å²) in [5.41, 5.74) is 7.75. The van der Waals surface area contributed by atoms with Gasteiger partial charge >= 0.3 is 10.2 Å². The molecule has 32 heavy (non-hydrogen) atoms. The molecule has 12 heteroatoms. The number of hydrogen-bond acceptors (Lipinski definition) is 8. The van der Waals surface area contributed by atoms with Gasteiger partial charge in [0.25, 0.3) is 0 Å². The monoisotopic (exact) mass is 463 g/mol. The van der Waals surface area contributed by atoms with Crippen LogP contribution in [-0.4, -0.2) is 76.0 Å². The van der Waals surface area contributed by atoms with Crippen LogP contribution in [-0.2, 0) is 28.1 Å². The van der Waals surface area contributed by atoms with Crippen LogP contribution in [0.2, 0.25) is 0 Å². The van der Waals surface area contributed by atoms with Crippen LogP contribution in [0.4, 0.5) is 5.95 Å². The van der Waals surface area contributed by atoms with Gasteiger partial charge in [0, 0.05) is 39.8 Å². The Hall–Kier alpha value is -2.54. The molecule has 2 fully saturated rings. The van der Waals surface area contributed by atoms with Crippen LogP contribution in [0.25, 0.3) is 0 Å². The first-order valence-electron chi connectivity index (χ1n) is 10.6. The van der Waals surface area contributed by atoms with Crippen molar-refractivity contribution in [3.63, 3.8) is 0 Å². The van der Waals surface area contributed by atoms with E-state index < -0.39 is 28.1 Å². The summed E-state index contributed by atoms with van der Waals surface area (Å²) < 4.78 is 27.9. The maximum atomic E-state index is 13.1. The Labute approximate surface area is 187 Å². The van der Waals surface area contributed by atoms with E-state index in [0.717, 1.165) is 15.4 Å². The maximum absolute atomic E-state index is 13.1.